The van der Waals surface area contributed by atoms with Crippen LogP contribution in [0.15, 0.2) is 0 Å². The van der Waals surface area contributed by atoms with Gasteiger partial charge in [0.05, 0.1) is 25.4 Å². The molecule has 0 spiro atoms. The molecular formula is C22H46N6O10. The molecule has 1 aliphatic carbocycles. The van der Waals surface area contributed by atoms with Gasteiger partial charge in [0.2, 0.25) is 0 Å². The third-order valence-corrected chi connectivity index (χ3v) is 7.25. The van der Waals surface area contributed by atoms with Crippen molar-refractivity contribution in [3.63, 3.8) is 0 Å². The normalized spacial score (nSPS) is 45.9. The fraction of sp³-hybridized carbons (Fsp3) is 1.00. The summed E-state index contributed by atoms with van der Waals surface area (Å²) < 4.78 is 29.1. The van der Waals surface area contributed by atoms with Crippen LogP contribution in [-0.2, 0) is 23.7 Å². The predicted octanol–water partition coefficient (Wildman–Crippen LogP) is -6.69. The van der Waals surface area contributed by atoms with Crippen LogP contribution in [0, 0.1) is 0 Å². The minimum absolute atomic E-state index is 0.108. The number of nitrogens with one attached hydrogen (secondary N) is 1. The van der Waals surface area contributed by atoms with Crippen molar-refractivity contribution >= 4 is 0 Å². The summed E-state index contributed by atoms with van der Waals surface area (Å²) >= 11 is 0. The highest BCUT2D eigenvalue weighted by atomic mass is 16.7. The fourth-order valence-electron chi connectivity index (χ4n) is 4.97. The maximum atomic E-state index is 10.9. The summed E-state index contributed by atoms with van der Waals surface area (Å²) in [5.41, 5.74) is 29.5. The van der Waals surface area contributed by atoms with Crippen molar-refractivity contribution in [2.75, 3.05) is 39.4 Å². The molecule has 0 unspecified atom stereocenters. The second kappa shape index (κ2) is 14.8. The zero-order chi connectivity index (χ0) is 28.0. The highest BCUT2D eigenvalue weighted by molar-refractivity contribution is 5.01. The molecule has 14 atom stereocenters. The van der Waals surface area contributed by atoms with E-state index in [9.17, 15) is 25.5 Å². The van der Waals surface area contributed by atoms with E-state index in [0.29, 0.717) is 13.1 Å². The first-order chi connectivity index (χ1) is 18.1. The molecule has 0 aromatic carbocycles. The Hall–Kier alpha value is -0.640. The molecule has 0 aromatic heterocycles. The molecule has 2 heterocycles. The molecule has 2 saturated heterocycles. The lowest BCUT2D eigenvalue weighted by atomic mass is 9.84. The van der Waals surface area contributed by atoms with Gasteiger partial charge in [-0.2, -0.15) is 0 Å². The first-order valence-corrected chi connectivity index (χ1v) is 13.1. The van der Waals surface area contributed by atoms with Gasteiger partial charge in [0.25, 0.3) is 0 Å². The minimum Gasteiger partial charge on any atom is -0.394 e. The van der Waals surface area contributed by atoms with Gasteiger partial charge < -0.3 is 83.2 Å². The number of hydrogen-bond acceptors (Lipinski definition) is 16. The molecule has 2 aliphatic heterocycles. The second-order valence-electron chi connectivity index (χ2n) is 10.0. The number of nitrogens with two attached hydrogens (primary N) is 5. The molecule has 0 radical (unpaired) electrons. The first kappa shape index (κ1) is 31.9. The minimum atomic E-state index is -1.39. The van der Waals surface area contributed by atoms with E-state index in [4.69, 9.17) is 52.4 Å². The van der Waals surface area contributed by atoms with E-state index in [0.717, 1.165) is 13.0 Å². The maximum absolute atomic E-state index is 10.9. The van der Waals surface area contributed by atoms with E-state index in [2.05, 4.69) is 5.32 Å². The van der Waals surface area contributed by atoms with E-state index in [1.165, 1.54) is 0 Å². The SMILES string of the molecule is NCCCNCCO[C@H]1[C@@H](O)[C@H](O[C@@H]2[C@@H](O)[C@H](N)C[C@H](N)[C@H]2O[C@H]2O[C@H](CN)[C@@H](O)[C@H](O)[C@H]2N)O[C@@H]1CO. The molecule has 0 amide bonds. The largest absolute Gasteiger partial charge is 0.394 e. The number of ether oxygens (including phenoxy) is 5. The number of rotatable bonds is 13. The number of aliphatic hydroxyl groups is 5. The van der Waals surface area contributed by atoms with Crippen LogP contribution in [0.3, 0.4) is 0 Å². The Morgan fingerprint density at radius 2 is 1.45 bits per heavy atom. The zero-order valence-electron chi connectivity index (χ0n) is 21.4. The van der Waals surface area contributed by atoms with Crippen LogP contribution < -0.4 is 34.0 Å². The van der Waals surface area contributed by atoms with E-state index < -0.39 is 92.2 Å². The Bertz CT molecular complexity index is 701. The summed E-state index contributed by atoms with van der Waals surface area (Å²) in [6.07, 6.45) is -11.9. The third kappa shape index (κ3) is 7.35. The third-order valence-electron chi connectivity index (χ3n) is 7.25. The van der Waals surface area contributed by atoms with E-state index in [-0.39, 0.29) is 19.6 Å². The highest BCUT2D eigenvalue weighted by Crippen LogP contribution is 2.32. The van der Waals surface area contributed by atoms with Crippen LogP contribution in [-0.4, -0.2) is 151 Å². The van der Waals surface area contributed by atoms with Crippen molar-refractivity contribution in [1.82, 2.24) is 5.32 Å². The Balaban J connectivity index is 1.68. The molecule has 16 nitrogen and oxygen atoms in total. The molecule has 3 rings (SSSR count). The summed E-state index contributed by atoms with van der Waals surface area (Å²) in [5.74, 6) is 0. The Kier molecular flexibility index (Phi) is 12.4. The van der Waals surface area contributed by atoms with Crippen LogP contribution in [0.25, 0.3) is 0 Å². The lowest BCUT2D eigenvalue weighted by Crippen LogP contribution is -2.68. The molecule has 0 bridgehead atoms. The van der Waals surface area contributed by atoms with Crippen molar-refractivity contribution in [3.8, 4) is 0 Å². The Labute approximate surface area is 221 Å². The van der Waals surface area contributed by atoms with Gasteiger partial charge in [0.15, 0.2) is 12.6 Å². The van der Waals surface area contributed by atoms with Gasteiger partial charge in [-0.1, -0.05) is 0 Å². The Morgan fingerprint density at radius 1 is 0.763 bits per heavy atom. The molecule has 16 N–H and O–H groups in total. The zero-order valence-corrected chi connectivity index (χ0v) is 21.4. The quantitative estimate of drug-likeness (QED) is 0.0943. The molecule has 38 heavy (non-hydrogen) atoms. The van der Waals surface area contributed by atoms with Gasteiger partial charge >= 0.3 is 0 Å². The molecule has 3 fully saturated rings. The van der Waals surface area contributed by atoms with Crippen LogP contribution in [0.5, 0.6) is 0 Å². The number of aliphatic hydroxyl groups excluding tert-OH is 5. The lowest BCUT2D eigenvalue weighted by Gasteiger charge is -2.47. The molecule has 0 aromatic rings. The van der Waals surface area contributed by atoms with Crippen molar-refractivity contribution in [1.29, 1.82) is 0 Å². The predicted molar refractivity (Wildman–Crippen MR) is 132 cm³/mol. The molecular weight excluding hydrogens is 508 g/mol. The van der Waals surface area contributed by atoms with Crippen LogP contribution in [0.4, 0.5) is 0 Å². The maximum Gasteiger partial charge on any atom is 0.187 e. The van der Waals surface area contributed by atoms with Gasteiger partial charge in [-0.05, 0) is 25.9 Å². The van der Waals surface area contributed by atoms with Crippen LogP contribution in [0.1, 0.15) is 12.8 Å². The molecule has 224 valence electrons. The molecule has 1 saturated carbocycles. The molecule has 3 aliphatic rings. The van der Waals surface area contributed by atoms with Crippen molar-refractivity contribution in [2.45, 2.75) is 98.5 Å². The second-order valence-corrected chi connectivity index (χ2v) is 10.0. The van der Waals surface area contributed by atoms with Crippen LogP contribution >= 0.6 is 0 Å². The summed E-state index contributed by atoms with van der Waals surface area (Å²) in [5, 5.41) is 55.2. The average Bonchev–Trinajstić information content (AvgIpc) is 3.20. The van der Waals surface area contributed by atoms with Gasteiger partial charge in [-0.15, -0.1) is 0 Å². The van der Waals surface area contributed by atoms with E-state index in [1.54, 1.807) is 0 Å². The average molecular weight is 555 g/mol. The van der Waals surface area contributed by atoms with Crippen molar-refractivity contribution < 1.29 is 49.2 Å². The number of hydrogen-bond donors (Lipinski definition) is 11. The first-order valence-electron chi connectivity index (χ1n) is 13.1. The Morgan fingerprint density at radius 3 is 2.11 bits per heavy atom. The van der Waals surface area contributed by atoms with Gasteiger partial charge in [0, 0.05) is 25.2 Å². The highest BCUT2D eigenvalue weighted by Gasteiger charge is 2.52. The molecule has 16 heteroatoms. The van der Waals surface area contributed by atoms with E-state index >= 15 is 0 Å². The topological polar surface area (TPSA) is 289 Å². The van der Waals surface area contributed by atoms with E-state index in [1.807, 2.05) is 0 Å². The summed E-state index contributed by atoms with van der Waals surface area (Å²) in [6, 6.07) is -2.69. The van der Waals surface area contributed by atoms with Gasteiger partial charge in [0.1, 0.15) is 48.8 Å². The van der Waals surface area contributed by atoms with Crippen molar-refractivity contribution in [2.24, 2.45) is 28.7 Å². The van der Waals surface area contributed by atoms with Crippen molar-refractivity contribution in [3.05, 3.63) is 0 Å². The van der Waals surface area contributed by atoms with Gasteiger partial charge in [-0.25, -0.2) is 0 Å². The summed E-state index contributed by atoms with van der Waals surface area (Å²) in [6.45, 7) is 1.47. The van der Waals surface area contributed by atoms with Crippen LogP contribution in [0.2, 0.25) is 0 Å². The lowest BCUT2D eigenvalue weighted by molar-refractivity contribution is -0.306. The summed E-state index contributed by atoms with van der Waals surface area (Å²) in [7, 11) is 0. The summed E-state index contributed by atoms with van der Waals surface area (Å²) in [4.78, 5) is 0. The standard InChI is InChI=1S/C22H46N6O10/c23-2-1-3-28-4-5-34-19-12(8-29)36-22(17(19)33)38-20-14(30)9(25)6-10(26)18(20)37-21-13(27)16(32)15(31)11(7-24)35-21/h9-22,28-33H,1-8,23-27H2/t9-,10+,11-,12-,13-,14+,15-,16-,17-,18-,19-,20-,21-,22+/m1/s1. The fourth-order valence-corrected chi connectivity index (χ4v) is 4.97. The van der Waals surface area contributed by atoms with Gasteiger partial charge in [-0.3, -0.25) is 0 Å². The smallest absolute Gasteiger partial charge is 0.187 e. The monoisotopic (exact) mass is 554 g/mol.